The quantitative estimate of drug-likeness (QED) is 0.943. The van der Waals surface area contributed by atoms with Gasteiger partial charge in [-0.15, -0.1) is 0 Å². The predicted molar refractivity (Wildman–Crippen MR) is 73.7 cm³/mol. The van der Waals surface area contributed by atoms with Crippen LogP contribution in [0.1, 0.15) is 5.56 Å². The van der Waals surface area contributed by atoms with Crippen LogP contribution < -0.4 is 15.2 Å². The van der Waals surface area contributed by atoms with Crippen LogP contribution in [-0.2, 0) is 6.61 Å². The normalized spacial score (nSPS) is 10.1. The minimum absolute atomic E-state index is 0.375. The maximum atomic E-state index is 5.68. The number of nitrogens with two attached hydrogens (primary N) is 1. The maximum absolute atomic E-state index is 5.68. The predicted octanol–water partition coefficient (Wildman–Crippen LogP) is 3.01. The fourth-order valence-electron chi connectivity index (χ4n) is 1.45. The molecular formula is C13H13BrN2O2. The number of pyridine rings is 1. The molecular weight excluding hydrogens is 296 g/mol. The maximum Gasteiger partial charge on any atom is 0.240 e. The minimum atomic E-state index is 0.375. The molecule has 1 heterocycles. The molecule has 0 fully saturated rings. The van der Waals surface area contributed by atoms with Gasteiger partial charge >= 0.3 is 0 Å². The number of aromatic nitrogens is 1. The molecule has 0 aliphatic carbocycles. The van der Waals surface area contributed by atoms with Crippen molar-refractivity contribution in [2.45, 2.75) is 6.61 Å². The molecule has 4 nitrogen and oxygen atoms in total. The number of hydrogen-bond acceptors (Lipinski definition) is 4. The van der Waals surface area contributed by atoms with E-state index >= 15 is 0 Å². The van der Waals surface area contributed by atoms with Crippen LogP contribution in [-0.4, -0.2) is 12.1 Å². The first-order valence-electron chi connectivity index (χ1n) is 5.37. The molecule has 1 aromatic carbocycles. The van der Waals surface area contributed by atoms with Gasteiger partial charge in [0, 0.05) is 16.1 Å². The summed E-state index contributed by atoms with van der Waals surface area (Å²) in [5.41, 5.74) is 7.22. The first-order valence-corrected chi connectivity index (χ1v) is 6.16. The van der Waals surface area contributed by atoms with Crippen LogP contribution in [0.5, 0.6) is 11.8 Å². The van der Waals surface area contributed by atoms with Crippen LogP contribution in [0.25, 0.3) is 0 Å². The van der Waals surface area contributed by atoms with Gasteiger partial charge in [0.05, 0.1) is 12.8 Å². The monoisotopic (exact) mass is 308 g/mol. The summed E-state index contributed by atoms with van der Waals surface area (Å²) in [6, 6.07) is 11.3. The fourth-order valence-corrected chi connectivity index (χ4v) is 1.84. The summed E-state index contributed by atoms with van der Waals surface area (Å²) >= 11 is 3.46. The molecule has 0 aliphatic rings. The molecule has 0 aliphatic heterocycles. The van der Waals surface area contributed by atoms with E-state index in [4.69, 9.17) is 15.2 Å². The molecule has 0 unspecified atom stereocenters. The van der Waals surface area contributed by atoms with Crippen molar-refractivity contribution < 1.29 is 9.47 Å². The molecule has 0 amide bonds. The lowest BCUT2D eigenvalue weighted by Crippen LogP contribution is -2.01. The Hall–Kier alpha value is -1.75. The van der Waals surface area contributed by atoms with Crippen molar-refractivity contribution in [1.29, 1.82) is 0 Å². The summed E-state index contributed by atoms with van der Waals surface area (Å²) < 4.78 is 11.6. The Morgan fingerprint density at radius 2 is 2.00 bits per heavy atom. The number of nitrogen functional groups attached to an aromatic ring is 1. The lowest BCUT2D eigenvalue weighted by atomic mass is 10.2. The molecule has 2 rings (SSSR count). The van der Waals surface area contributed by atoms with Gasteiger partial charge < -0.3 is 15.2 Å². The molecule has 2 aromatic rings. The number of anilines is 1. The van der Waals surface area contributed by atoms with E-state index in [1.54, 1.807) is 12.1 Å². The zero-order chi connectivity index (χ0) is 13.0. The van der Waals surface area contributed by atoms with Crippen molar-refractivity contribution in [3.63, 3.8) is 0 Å². The highest BCUT2D eigenvalue weighted by molar-refractivity contribution is 9.10. The lowest BCUT2D eigenvalue weighted by molar-refractivity contribution is 0.286. The van der Waals surface area contributed by atoms with Crippen LogP contribution in [0.2, 0.25) is 0 Å². The van der Waals surface area contributed by atoms with Gasteiger partial charge in [-0.05, 0) is 12.1 Å². The number of ether oxygens (including phenoxy) is 2. The Bertz CT molecular complexity index is 546. The van der Waals surface area contributed by atoms with Crippen molar-refractivity contribution in [2.24, 2.45) is 0 Å². The van der Waals surface area contributed by atoms with E-state index in [9.17, 15) is 0 Å². The van der Waals surface area contributed by atoms with Crippen LogP contribution in [0, 0.1) is 0 Å². The van der Waals surface area contributed by atoms with E-state index in [2.05, 4.69) is 20.9 Å². The van der Waals surface area contributed by atoms with E-state index < -0.39 is 0 Å². The molecule has 18 heavy (non-hydrogen) atoms. The Labute approximate surface area is 114 Å². The third-order valence-corrected chi connectivity index (χ3v) is 3.16. The highest BCUT2D eigenvalue weighted by Crippen LogP contribution is 2.23. The largest absolute Gasteiger partial charge is 0.479 e. The van der Waals surface area contributed by atoms with Crippen LogP contribution in [0.4, 0.5) is 5.69 Å². The number of nitrogens with zero attached hydrogens (tertiary/aromatic N) is 1. The SMILES string of the molecule is COc1nc(OCc2ccccc2Br)ccc1N. The van der Waals surface area contributed by atoms with E-state index in [0.717, 1.165) is 10.0 Å². The number of methoxy groups -OCH3 is 1. The Balaban J connectivity index is 2.09. The zero-order valence-electron chi connectivity index (χ0n) is 9.89. The van der Waals surface area contributed by atoms with Crippen molar-refractivity contribution in [1.82, 2.24) is 4.98 Å². The summed E-state index contributed by atoms with van der Waals surface area (Å²) in [4.78, 5) is 4.15. The van der Waals surface area contributed by atoms with Crippen molar-refractivity contribution in [3.8, 4) is 11.8 Å². The van der Waals surface area contributed by atoms with Gasteiger partial charge in [0.15, 0.2) is 0 Å². The zero-order valence-corrected chi connectivity index (χ0v) is 11.5. The molecule has 0 radical (unpaired) electrons. The minimum Gasteiger partial charge on any atom is -0.479 e. The first-order chi connectivity index (χ1) is 8.70. The van der Waals surface area contributed by atoms with Crippen LogP contribution in [0.3, 0.4) is 0 Å². The Morgan fingerprint density at radius 1 is 1.22 bits per heavy atom. The first kappa shape index (κ1) is 12.7. The second-order valence-corrected chi connectivity index (χ2v) is 4.48. The van der Waals surface area contributed by atoms with Gasteiger partial charge in [-0.3, -0.25) is 0 Å². The molecule has 2 N–H and O–H groups in total. The van der Waals surface area contributed by atoms with E-state index in [-0.39, 0.29) is 0 Å². The van der Waals surface area contributed by atoms with Gasteiger partial charge in [0.1, 0.15) is 6.61 Å². The Kier molecular flexibility index (Phi) is 4.04. The number of halogens is 1. The standard InChI is InChI=1S/C13H13BrN2O2/c1-17-13-11(15)6-7-12(16-13)18-8-9-4-2-3-5-10(9)14/h2-7H,8,15H2,1H3. The average molecular weight is 309 g/mol. The molecule has 94 valence electrons. The second kappa shape index (κ2) is 5.73. The third kappa shape index (κ3) is 2.92. The second-order valence-electron chi connectivity index (χ2n) is 3.63. The number of benzene rings is 1. The van der Waals surface area contributed by atoms with E-state index in [1.807, 2.05) is 24.3 Å². The van der Waals surface area contributed by atoms with Crippen LogP contribution in [0.15, 0.2) is 40.9 Å². The number of rotatable bonds is 4. The summed E-state index contributed by atoms with van der Waals surface area (Å²) in [7, 11) is 1.52. The summed E-state index contributed by atoms with van der Waals surface area (Å²) in [6.07, 6.45) is 0. The van der Waals surface area contributed by atoms with Gasteiger partial charge in [-0.25, -0.2) is 0 Å². The number of hydrogen-bond donors (Lipinski definition) is 1. The molecule has 0 saturated carbocycles. The van der Waals surface area contributed by atoms with Gasteiger partial charge in [-0.2, -0.15) is 4.98 Å². The fraction of sp³-hybridized carbons (Fsp3) is 0.154. The van der Waals surface area contributed by atoms with E-state index in [0.29, 0.717) is 24.1 Å². The van der Waals surface area contributed by atoms with Crippen molar-refractivity contribution >= 4 is 21.6 Å². The van der Waals surface area contributed by atoms with E-state index in [1.165, 1.54) is 7.11 Å². The summed E-state index contributed by atoms with van der Waals surface area (Å²) in [5, 5.41) is 0. The van der Waals surface area contributed by atoms with Crippen molar-refractivity contribution in [2.75, 3.05) is 12.8 Å². The molecule has 0 bridgehead atoms. The molecule has 0 atom stereocenters. The van der Waals surface area contributed by atoms with Crippen molar-refractivity contribution in [3.05, 3.63) is 46.4 Å². The summed E-state index contributed by atoms with van der Waals surface area (Å²) in [5.74, 6) is 0.858. The highest BCUT2D eigenvalue weighted by atomic mass is 79.9. The van der Waals surface area contributed by atoms with Gasteiger partial charge in [0.2, 0.25) is 11.8 Å². The third-order valence-electron chi connectivity index (χ3n) is 2.39. The Morgan fingerprint density at radius 3 is 2.72 bits per heavy atom. The molecule has 0 spiro atoms. The highest BCUT2D eigenvalue weighted by Gasteiger charge is 2.05. The molecule has 0 saturated heterocycles. The summed E-state index contributed by atoms with van der Waals surface area (Å²) in [6.45, 7) is 0.432. The topological polar surface area (TPSA) is 57.4 Å². The lowest BCUT2D eigenvalue weighted by Gasteiger charge is -2.09. The molecule has 5 heteroatoms. The smallest absolute Gasteiger partial charge is 0.240 e. The molecule has 1 aromatic heterocycles. The van der Waals surface area contributed by atoms with Crippen LogP contribution >= 0.6 is 15.9 Å². The average Bonchev–Trinajstić information content (AvgIpc) is 2.39. The van der Waals surface area contributed by atoms with Gasteiger partial charge in [-0.1, -0.05) is 34.1 Å². The van der Waals surface area contributed by atoms with Gasteiger partial charge in [0.25, 0.3) is 0 Å².